The lowest BCUT2D eigenvalue weighted by molar-refractivity contribution is -0.777. The van der Waals surface area contributed by atoms with E-state index in [0.29, 0.717) is 48.1 Å². The Hall–Kier alpha value is -1.44. The Morgan fingerprint density at radius 3 is 1.00 bits per heavy atom. The predicted molar refractivity (Wildman–Crippen MR) is 578 cm³/mol. The number of morpholine rings is 1. The van der Waals surface area contributed by atoms with Crippen LogP contribution in [0.3, 0.4) is 0 Å². The van der Waals surface area contributed by atoms with E-state index < -0.39 is 79.0 Å². The number of hydrogen-bond acceptors (Lipinski definition) is 40. The Labute approximate surface area is 886 Å². The van der Waals surface area contributed by atoms with Crippen LogP contribution in [0.5, 0.6) is 0 Å². The van der Waals surface area contributed by atoms with Crippen molar-refractivity contribution in [1.82, 2.24) is 25.8 Å². The van der Waals surface area contributed by atoms with Gasteiger partial charge in [0.1, 0.15) is 13.1 Å². The number of nitrogens with two attached hydrogens (primary N) is 1. The lowest BCUT2D eigenvalue weighted by Crippen LogP contribution is -2.99. The number of carbonyl (C=O) groups excluding carboxylic acids is 8. The highest BCUT2D eigenvalue weighted by Gasteiger charge is 2.67. The third kappa shape index (κ3) is 55.9. The summed E-state index contributed by atoms with van der Waals surface area (Å²) in [6.07, 6.45) is 8.28. The average molecular weight is 2300 g/mol. The van der Waals surface area contributed by atoms with Crippen LogP contribution >= 0.6 is 82.3 Å². The summed E-state index contributed by atoms with van der Waals surface area (Å²) in [6.45, 7) is 19.2. The van der Waals surface area contributed by atoms with Gasteiger partial charge in [-0.2, -0.15) is 82.3 Å². The van der Waals surface area contributed by atoms with E-state index in [1.165, 1.54) is 0 Å². The molecule has 0 saturated carbocycles. The fraction of sp³-hybridized carbons (Fsp3) is 0.895. The predicted octanol–water partition coefficient (Wildman–Crippen LogP) is 4.58. The third-order valence-electron chi connectivity index (χ3n) is 23.9. The first-order chi connectivity index (χ1) is 67.3. The number of hydrogen-bond donors (Lipinski definition) is 9. The maximum Gasteiger partial charge on any atom is 0.500 e. The molecule has 42 nitrogen and oxygen atoms in total. The van der Waals surface area contributed by atoms with Crippen molar-refractivity contribution in [3.8, 4) is 0 Å². The number of nitrogens with zero attached hydrogens (tertiary/aromatic N) is 2. The summed E-state index contributed by atoms with van der Waals surface area (Å²) in [4.78, 5) is 108. The summed E-state index contributed by atoms with van der Waals surface area (Å²) in [5, 5.41) is 33.9. The number of carboxylic acid groups (broad SMARTS) is 1. The molecule has 0 aromatic rings. The first-order valence-corrected chi connectivity index (χ1v) is 69.0. The van der Waals surface area contributed by atoms with Crippen LogP contribution in [0.15, 0.2) is 0 Å². The van der Waals surface area contributed by atoms with Crippen molar-refractivity contribution in [2.24, 2.45) is 28.9 Å². The molecule has 8 unspecified atom stereocenters. The molecule has 10 N–H and O–H groups in total. The van der Waals surface area contributed by atoms with Crippen molar-refractivity contribution in [2.75, 3.05) is 303 Å². The van der Waals surface area contributed by atoms with E-state index in [4.69, 9.17) is 119 Å². The number of likely N-dealkylation sites (tertiary alicyclic amines) is 1. The van der Waals surface area contributed by atoms with Crippen LogP contribution in [0.25, 0.3) is 0 Å². The maximum absolute atomic E-state index is 12.3. The van der Waals surface area contributed by atoms with Crippen LogP contribution in [-0.4, -0.2) is 460 Å². The maximum atomic E-state index is 12.3. The van der Waals surface area contributed by atoms with E-state index in [1.807, 2.05) is 63.1 Å². The molecule has 0 aliphatic carbocycles. The number of nitrogens with one attached hydrogen (secondary N) is 5. The SMILES string of the molecule is CNC(=O)C(C)(C)CSCCC[Si](OC)(OC)OC.CO[Si](CCCSCC(C)C(=O)N1CCOCC1)(OC)OC.CO[Si](CCCSCC(C)C(=O)NCC(=O)O)(OC)OC.CO[Si](CCCSCC(C)C(=O)NCC(N)=O)(OC)OC.CO[Si](CCCSCC(C)N1CCCC1=O)(OC)OC.CO[Si](CCCSCC1(C)C(=O)[NH+]1CCO)(OC)OC.CO[Si](CCCSCC1(C)C(=O)[NH+]1CO)(OC)OC. The summed E-state index contributed by atoms with van der Waals surface area (Å²) in [6, 6.07) is 5.78. The van der Waals surface area contributed by atoms with E-state index >= 15 is 0 Å². The Balaban J connectivity index is -0.00000159. The van der Waals surface area contributed by atoms with Gasteiger partial charge < -0.3 is 144 Å². The van der Waals surface area contributed by atoms with Gasteiger partial charge in [-0.3, -0.25) is 33.6 Å². The molecule has 0 radical (unpaired) electrons. The van der Waals surface area contributed by atoms with E-state index in [-0.39, 0.29) is 90.6 Å². The minimum Gasteiger partial charge on any atom is -0.480 e. The average Bonchev–Trinajstić information content (AvgIpc) is 1.57. The van der Waals surface area contributed by atoms with Crippen LogP contribution < -0.4 is 31.5 Å². The Morgan fingerprint density at radius 1 is 0.437 bits per heavy atom. The molecule has 4 rings (SSSR count). The topological polar surface area (TPSA) is 495 Å². The molecule has 56 heteroatoms. The van der Waals surface area contributed by atoms with Gasteiger partial charge in [0.15, 0.2) is 6.73 Å². The standard InChI is InChI=1S/C14H29NO5SSi.C13H27NO4SSi.C12H26N2O5SSi.C12H25NO6SSi.C12H25NO5SSi.C12H27NO4SSi.C11H23NO5SSi/c1-13(14(16)15-6-8-20-9-7-15)12-21-10-5-11-22(17-2,18-3)19-4;1-12(14-8-5-7-13(14)15)11-19-9-6-10-20(16-2,17-3)18-4;1-10(12(16)14-8-11(13)15)9-20-6-5-7-21(17-2,18-3)19-4;1-10(12(16)13-8-11(14)15)9-20-6-5-7-21(17-2,18-3)19-4;1-12(11(15)13(12)6-7-14)10-19-8-5-9-20(16-2,17-3)18-4;1-12(2,11(14)13-3)10-18-8-7-9-19(15-4,16-5)17-6;1-11(10(14)12(11)9-13)8-18-6-5-7-19(15-2,16-3)17-4/h13H,5-12H2,1-4H3;12H,5-11H2,1-4H3;10H,5-9H2,1-4H3,(H2,13,15)(H,14,16);10H,5-9H2,1-4H3,(H,13,16)(H,14,15);14H,5-10H2,1-4H3;7-10H2,1-6H3,(H,13,14);13H,5-9H2,1-4H3/p+2. The smallest absolute Gasteiger partial charge is 0.480 e. The minimum atomic E-state index is -2.50. The summed E-state index contributed by atoms with van der Waals surface area (Å²) >= 11 is 12.3. The van der Waals surface area contributed by atoms with Gasteiger partial charge in [0, 0.05) is 291 Å². The van der Waals surface area contributed by atoms with Gasteiger partial charge in [0.05, 0.1) is 43.3 Å². The zero-order valence-electron chi connectivity index (χ0n) is 90.9. The molecular formula is C86H184N8O34S7Si7+2. The van der Waals surface area contributed by atoms with Gasteiger partial charge in [0.2, 0.25) is 46.5 Å². The molecule has 4 aliphatic rings. The van der Waals surface area contributed by atoms with Crippen LogP contribution in [0.2, 0.25) is 42.3 Å². The number of rotatable bonds is 75. The van der Waals surface area contributed by atoms with Crippen LogP contribution in [-0.2, 0) is 141 Å². The lowest BCUT2D eigenvalue weighted by Gasteiger charge is -2.29. The number of aliphatic hydroxyl groups is 2. The van der Waals surface area contributed by atoms with Crippen molar-refractivity contribution in [3.05, 3.63) is 0 Å². The number of quaternary nitrogens is 2. The number of ether oxygens (including phenoxy) is 1. The molecular weight excluding hydrogens is 2110 g/mol. The van der Waals surface area contributed by atoms with Gasteiger partial charge >= 0.3 is 79.4 Å². The summed E-state index contributed by atoms with van der Waals surface area (Å²) in [5.74, 6) is 10.8. The van der Waals surface area contributed by atoms with Crippen molar-refractivity contribution in [2.45, 2.75) is 173 Å². The monoisotopic (exact) mass is 2290 g/mol. The van der Waals surface area contributed by atoms with Crippen LogP contribution in [0.1, 0.15) is 113 Å². The number of carbonyl (C=O) groups is 9. The van der Waals surface area contributed by atoms with E-state index in [0.717, 1.165) is 194 Å². The Morgan fingerprint density at radius 2 is 0.725 bits per heavy atom. The van der Waals surface area contributed by atoms with Gasteiger partial charge in [-0.1, -0.05) is 34.6 Å². The minimum absolute atomic E-state index is 0.0531. The number of aliphatic carboxylic acids is 1. The van der Waals surface area contributed by atoms with E-state index in [1.54, 1.807) is 234 Å². The molecule has 4 fully saturated rings. The highest BCUT2D eigenvalue weighted by molar-refractivity contribution is 8.00. The molecule has 0 bridgehead atoms. The zero-order valence-corrected chi connectivity index (χ0v) is 104. The molecule has 4 aliphatic heterocycles. The van der Waals surface area contributed by atoms with Crippen molar-refractivity contribution in [3.63, 3.8) is 0 Å². The highest BCUT2D eigenvalue weighted by atomic mass is 32.2. The molecule has 0 spiro atoms. The van der Waals surface area contributed by atoms with E-state index in [9.17, 15) is 43.2 Å². The van der Waals surface area contributed by atoms with Gasteiger partial charge in [-0.05, 0) is 98.6 Å². The van der Waals surface area contributed by atoms with Gasteiger partial charge in [0.25, 0.3) is 0 Å². The summed E-state index contributed by atoms with van der Waals surface area (Å²) < 4.78 is 118. The van der Waals surface area contributed by atoms with Crippen LogP contribution in [0, 0.1) is 23.2 Å². The highest BCUT2D eigenvalue weighted by Crippen LogP contribution is 2.30. The molecule has 8 amide bonds. The molecule has 142 heavy (non-hydrogen) atoms. The summed E-state index contributed by atoms with van der Waals surface area (Å²) in [5.41, 5.74) is 3.94. The quantitative estimate of drug-likeness (QED) is 0.0229. The second-order valence-corrected chi connectivity index (χ2v) is 63.7. The van der Waals surface area contributed by atoms with Crippen molar-refractivity contribution in [1.29, 1.82) is 0 Å². The third-order valence-corrected chi connectivity index (χ3v) is 53.2. The van der Waals surface area contributed by atoms with Crippen molar-refractivity contribution >= 4 is 197 Å². The normalized spacial score (nSPS) is 18.0. The zero-order chi connectivity index (χ0) is 109. The Kier molecular flexibility index (Phi) is 82.8. The molecule has 0 aromatic heterocycles. The fourth-order valence-corrected chi connectivity index (χ4v) is 35.6. The van der Waals surface area contributed by atoms with Crippen LogP contribution in [0.4, 0.5) is 0 Å². The second kappa shape index (κ2) is 81.3. The number of thioether (sulfide) groups is 7. The first-order valence-electron chi connectivity index (χ1n) is 47.4. The van der Waals surface area contributed by atoms with E-state index in [2.05, 4.69) is 22.9 Å². The molecule has 4 saturated heterocycles. The number of aliphatic hydroxyl groups excluding tert-OH is 2. The molecule has 8 atom stereocenters. The van der Waals surface area contributed by atoms with Gasteiger partial charge in [-0.25, -0.2) is 19.4 Å². The second-order valence-electron chi connectivity index (χ2n) is 34.1. The molecule has 0 aromatic carbocycles. The largest absolute Gasteiger partial charge is 0.500 e. The molecule has 4 heterocycles. The number of primary amides is 1. The first kappa shape index (κ1) is 145. The lowest BCUT2D eigenvalue weighted by atomic mass is 9.95. The fourth-order valence-electron chi connectivity index (χ4n) is 14.1. The molecule has 840 valence electrons. The number of amides is 8. The Bertz CT molecular complexity index is 3230. The summed E-state index contributed by atoms with van der Waals surface area (Å²) in [7, 11) is 18.4. The van der Waals surface area contributed by atoms with Crippen molar-refractivity contribution < 1.29 is 166 Å². The number of carboxylic acids is 1. The van der Waals surface area contributed by atoms with Gasteiger partial charge in [-0.15, -0.1) is 0 Å².